The summed E-state index contributed by atoms with van der Waals surface area (Å²) in [5, 5.41) is 9.66. The molecule has 1 aromatic heterocycles. The van der Waals surface area contributed by atoms with E-state index in [1.807, 2.05) is 49.0 Å². The van der Waals surface area contributed by atoms with Crippen molar-refractivity contribution in [1.29, 1.82) is 0 Å². The van der Waals surface area contributed by atoms with Crippen LogP contribution < -0.4 is 14.4 Å². The third kappa shape index (κ3) is 3.57. The fourth-order valence-electron chi connectivity index (χ4n) is 3.48. The zero-order valence-corrected chi connectivity index (χ0v) is 18.4. The summed E-state index contributed by atoms with van der Waals surface area (Å²) in [7, 11) is 7.37. The Morgan fingerprint density at radius 2 is 1.80 bits per heavy atom. The van der Waals surface area contributed by atoms with Crippen LogP contribution in [0, 0.1) is 0 Å². The summed E-state index contributed by atoms with van der Waals surface area (Å²) < 4.78 is 13.0. The molecule has 0 aliphatic carbocycles. The zero-order chi connectivity index (χ0) is 21.3. The zero-order valence-electron chi connectivity index (χ0n) is 17.5. The Morgan fingerprint density at radius 1 is 1.03 bits per heavy atom. The molecule has 2 aromatic carbocycles. The van der Waals surface area contributed by atoms with E-state index in [4.69, 9.17) is 9.47 Å². The molecular weight excluding hydrogens is 396 g/mol. The van der Waals surface area contributed by atoms with E-state index in [9.17, 15) is 0 Å². The van der Waals surface area contributed by atoms with Gasteiger partial charge in [0, 0.05) is 25.5 Å². The summed E-state index contributed by atoms with van der Waals surface area (Å²) in [6.45, 7) is 4.31. The highest BCUT2D eigenvalue weighted by molar-refractivity contribution is 7.99. The van der Waals surface area contributed by atoms with Crippen LogP contribution in [0.25, 0.3) is 22.7 Å². The molecule has 7 heteroatoms. The highest BCUT2D eigenvalue weighted by atomic mass is 32.2. The maximum Gasteiger partial charge on any atom is 0.196 e. The van der Waals surface area contributed by atoms with E-state index < -0.39 is 0 Å². The number of anilines is 1. The lowest BCUT2D eigenvalue weighted by molar-refractivity contribution is 0.415. The van der Waals surface area contributed by atoms with Gasteiger partial charge in [-0.3, -0.25) is 4.57 Å². The highest BCUT2D eigenvalue weighted by Gasteiger charge is 2.22. The molecule has 2 heterocycles. The van der Waals surface area contributed by atoms with Gasteiger partial charge in [-0.15, -0.1) is 10.2 Å². The number of methoxy groups -OCH3 is 2. The third-order valence-corrected chi connectivity index (χ3v) is 5.98. The number of fused-ring (bicyclic) bond motifs is 1. The molecule has 0 radical (unpaired) electrons. The lowest BCUT2D eigenvalue weighted by Crippen LogP contribution is -2.10. The van der Waals surface area contributed by atoms with Gasteiger partial charge in [-0.1, -0.05) is 36.5 Å². The molecule has 0 saturated carbocycles. The Morgan fingerprint density at radius 3 is 2.53 bits per heavy atom. The first-order chi connectivity index (χ1) is 14.5. The smallest absolute Gasteiger partial charge is 0.196 e. The molecule has 0 atom stereocenters. The molecule has 0 saturated heterocycles. The summed E-state index contributed by atoms with van der Waals surface area (Å²) >= 11 is 1.64. The summed E-state index contributed by atoms with van der Waals surface area (Å²) in [6, 6.07) is 14.0. The maximum atomic E-state index is 5.52. The van der Waals surface area contributed by atoms with Gasteiger partial charge in [-0.2, -0.15) is 0 Å². The Kier molecular flexibility index (Phi) is 5.55. The van der Waals surface area contributed by atoms with Crippen molar-refractivity contribution < 1.29 is 9.47 Å². The first kappa shape index (κ1) is 20.1. The molecule has 1 aliphatic heterocycles. The van der Waals surface area contributed by atoms with Crippen molar-refractivity contribution in [2.45, 2.75) is 5.16 Å². The topological polar surface area (TPSA) is 52.4 Å². The average molecular weight is 421 g/mol. The quantitative estimate of drug-likeness (QED) is 0.597. The molecule has 0 fully saturated rings. The summed E-state index contributed by atoms with van der Waals surface area (Å²) in [6.07, 6.45) is 2.10. The second-order valence-electron chi connectivity index (χ2n) is 7.07. The number of benzene rings is 2. The molecule has 1 aliphatic rings. The molecule has 3 aromatic rings. The molecule has 0 amide bonds. The minimum absolute atomic E-state index is 0.723. The third-order valence-electron chi connectivity index (χ3n) is 5.00. The van der Waals surface area contributed by atoms with Crippen LogP contribution in [0.4, 0.5) is 5.69 Å². The number of rotatable bonds is 5. The van der Waals surface area contributed by atoms with E-state index in [0.717, 1.165) is 50.7 Å². The maximum absolute atomic E-state index is 5.52. The lowest BCUT2D eigenvalue weighted by Gasteiger charge is -2.18. The SMILES string of the molecule is C=C1C=C(c2ccc(OC)c(N(C)C)c2)CSc2nnc(-c3ccccc3OC)n21. The van der Waals surface area contributed by atoms with Gasteiger partial charge in [0.1, 0.15) is 11.5 Å². The Bertz CT molecular complexity index is 1130. The molecule has 0 bridgehead atoms. The van der Waals surface area contributed by atoms with Gasteiger partial charge >= 0.3 is 0 Å². The van der Waals surface area contributed by atoms with Crippen LogP contribution in [0.5, 0.6) is 11.5 Å². The minimum atomic E-state index is 0.723. The molecule has 4 rings (SSSR count). The molecule has 0 N–H and O–H groups in total. The Labute approximate surface area is 180 Å². The van der Waals surface area contributed by atoms with Crippen molar-refractivity contribution in [2.24, 2.45) is 0 Å². The fourth-order valence-corrected chi connectivity index (χ4v) is 4.45. The first-order valence-electron chi connectivity index (χ1n) is 9.50. The lowest BCUT2D eigenvalue weighted by atomic mass is 10.0. The predicted octanol–water partition coefficient (Wildman–Crippen LogP) is 4.69. The number of aromatic nitrogens is 3. The van der Waals surface area contributed by atoms with Crippen molar-refractivity contribution >= 4 is 28.7 Å². The number of hydrogen-bond acceptors (Lipinski definition) is 6. The number of para-hydroxylation sites is 1. The van der Waals surface area contributed by atoms with Crippen LogP contribution in [-0.4, -0.2) is 48.8 Å². The highest BCUT2D eigenvalue weighted by Crippen LogP contribution is 2.38. The van der Waals surface area contributed by atoms with E-state index in [0.29, 0.717) is 0 Å². The molecule has 30 heavy (non-hydrogen) atoms. The number of nitrogens with zero attached hydrogens (tertiary/aromatic N) is 4. The number of allylic oxidation sites excluding steroid dienone is 2. The second kappa shape index (κ2) is 8.28. The second-order valence-corrected chi connectivity index (χ2v) is 8.02. The Balaban J connectivity index is 1.76. The van der Waals surface area contributed by atoms with Crippen LogP contribution in [0.15, 0.2) is 60.3 Å². The molecule has 6 nitrogen and oxygen atoms in total. The van der Waals surface area contributed by atoms with Gasteiger partial charge in [-0.05, 0) is 41.5 Å². The van der Waals surface area contributed by atoms with Gasteiger partial charge < -0.3 is 14.4 Å². The molecule has 154 valence electrons. The van der Waals surface area contributed by atoms with Crippen LogP contribution in [0.3, 0.4) is 0 Å². The number of hydrogen-bond donors (Lipinski definition) is 0. The van der Waals surface area contributed by atoms with Gasteiger partial charge in [0.05, 0.1) is 25.5 Å². The molecule has 0 unspecified atom stereocenters. The van der Waals surface area contributed by atoms with Crippen molar-refractivity contribution in [3.05, 3.63) is 60.7 Å². The fraction of sp³-hybridized carbons (Fsp3) is 0.217. The van der Waals surface area contributed by atoms with E-state index >= 15 is 0 Å². The van der Waals surface area contributed by atoms with Gasteiger partial charge in [0.15, 0.2) is 11.0 Å². The largest absolute Gasteiger partial charge is 0.496 e. The summed E-state index contributed by atoms with van der Waals surface area (Å²) in [4.78, 5) is 2.05. The van der Waals surface area contributed by atoms with Crippen LogP contribution >= 0.6 is 11.8 Å². The number of thioether (sulfide) groups is 1. The van der Waals surface area contributed by atoms with Gasteiger partial charge in [0.25, 0.3) is 0 Å². The normalized spacial score (nSPS) is 13.3. The van der Waals surface area contributed by atoms with E-state index in [1.54, 1.807) is 26.0 Å². The van der Waals surface area contributed by atoms with E-state index in [-0.39, 0.29) is 0 Å². The molecular formula is C23H24N4O2S. The Hall–Kier alpha value is -3.19. The van der Waals surface area contributed by atoms with Gasteiger partial charge in [0.2, 0.25) is 0 Å². The summed E-state index contributed by atoms with van der Waals surface area (Å²) in [5.74, 6) is 3.09. The average Bonchev–Trinajstić information content (AvgIpc) is 3.12. The van der Waals surface area contributed by atoms with Crippen LogP contribution in [0.2, 0.25) is 0 Å². The molecule has 0 spiro atoms. The monoisotopic (exact) mass is 420 g/mol. The van der Waals surface area contributed by atoms with Gasteiger partial charge in [-0.25, -0.2) is 0 Å². The first-order valence-corrected chi connectivity index (χ1v) is 10.5. The van der Waals surface area contributed by atoms with Crippen molar-refractivity contribution in [3.8, 4) is 22.9 Å². The number of ether oxygens (including phenoxy) is 2. The van der Waals surface area contributed by atoms with Crippen LogP contribution in [-0.2, 0) is 0 Å². The van der Waals surface area contributed by atoms with E-state index in [2.05, 4.69) is 39.9 Å². The van der Waals surface area contributed by atoms with Crippen molar-refractivity contribution in [3.63, 3.8) is 0 Å². The van der Waals surface area contributed by atoms with Crippen molar-refractivity contribution in [1.82, 2.24) is 14.8 Å². The summed E-state index contributed by atoms with van der Waals surface area (Å²) in [5.41, 5.74) is 5.04. The van der Waals surface area contributed by atoms with Crippen LogP contribution in [0.1, 0.15) is 5.56 Å². The minimum Gasteiger partial charge on any atom is -0.496 e. The predicted molar refractivity (Wildman–Crippen MR) is 123 cm³/mol. The standard InChI is InChI=1S/C23H24N4O2S/c1-15-12-17(16-10-11-21(29-5)19(13-16)26(2)3)14-30-23-25-24-22(27(15)23)18-8-6-7-9-20(18)28-4/h6-13H,1,14H2,2-5H3. The van der Waals surface area contributed by atoms with Crippen molar-refractivity contribution in [2.75, 3.05) is 39.0 Å². The van der Waals surface area contributed by atoms with E-state index in [1.165, 1.54) is 5.57 Å².